The molecule has 7 heteroatoms. The molecule has 1 amide bonds. The zero-order valence-electron chi connectivity index (χ0n) is 17.6. The van der Waals surface area contributed by atoms with E-state index < -0.39 is 0 Å². The van der Waals surface area contributed by atoms with Gasteiger partial charge in [-0.2, -0.15) is 0 Å². The second-order valence-corrected chi connectivity index (χ2v) is 7.62. The van der Waals surface area contributed by atoms with E-state index in [2.05, 4.69) is 63.1 Å². The fraction of sp³-hybridized carbons (Fsp3) is 0.619. The number of carbonyl (C=O) groups excluding carboxylic acids is 1. The van der Waals surface area contributed by atoms with E-state index in [-0.39, 0.29) is 35.8 Å². The minimum atomic E-state index is 0. The third kappa shape index (κ3) is 8.34. The summed E-state index contributed by atoms with van der Waals surface area (Å²) in [4.78, 5) is 18.4. The lowest BCUT2D eigenvalue weighted by atomic mass is 9.97. The van der Waals surface area contributed by atoms with Crippen LogP contribution < -0.4 is 16.0 Å². The van der Waals surface area contributed by atoms with E-state index in [0.29, 0.717) is 25.2 Å². The molecule has 0 bridgehead atoms. The van der Waals surface area contributed by atoms with Gasteiger partial charge in [0.05, 0.1) is 0 Å². The summed E-state index contributed by atoms with van der Waals surface area (Å²) in [7, 11) is 1.79. The second kappa shape index (κ2) is 13.0. The summed E-state index contributed by atoms with van der Waals surface area (Å²) in [6, 6.07) is 11.6. The van der Waals surface area contributed by atoms with Gasteiger partial charge in [-0.05, 0) is 25.3 Å². The standard InChI is InChI=1S/C21H35N5O.HI/c1-16(2)20(27)23-11-12-24-21(22-4)25-19-10-13-26(17(3)14-19)15-18-8-6-5-7-9-18;/h5-9,16-17,19H,10-15H2,1-4H3,(H,23,27)(H2,22,24,25);1H. The Morgan fingerprint density at radius 2 is 1.89 bits per heavy atom. The number of nitrogens with zero attached hydrogens (tertiary/aromatic N) is 2. The largest absolute Gasteiger partial charge is 0.355 e. The zero-order chi connectivity index (χ0) is 19.6. The predicted molar refractivity (Wildman–Crippen MR) is 127 cm³/mol. The smallest absolute Gasteiger partial charge is 0.222 e. The first-order valence-electron chi connectivity index (χ1n) is 10.0. The van der Waals surface area contributed by atoms with Crippen molar-refractivity contribution >= 4 is 35.8 Å². The van der Waals surface area contributed by atoms with Crippen LogP contribution in [-0.2, 0) is 11.3 Å². The topological polar surface area (TPSA) is 68.8 Å². The van der Waals surface area contributed by atoms with Crippen molar-refractivity contribution in [2.45, 2.75) is 52.2 Å². The normalized spacial score (nSPS) is 20.4. The van der Waals surface area contributed by atoms with Gasteiger partial charge in [-0.15, -0.1) is 24.0 Å². The number of piperidine rings is 1. The molecule has 0 spiro atoms. The fourth-order valence-corrected chi connectivity index (χ4v) is 3.36. The molecule has 2 rings (SSSR count). The summed E-state index contributed by atoms with van der Waals surface area (Å²) in [6.07, 6.45) is 2.19. The summed E-state index contributed by atoms with van der Waals surface area (Å²) in [6.45, 7) is 9.45. The van der Waals surface area contributed by atoms with Gasteiger partial charge in [0.1, 0.15) is 0 Å². The number of amides is 1. The number of rotatable bonds is 7. The lowest BCUT2D eigenvalue weighted by Crippen LogP contribution is -2.52. The monoisotopic (exact) mass is 501 g/mol. The van der Waals surface area contributed by atoms with Crippen LogP contribution in [0.5, 0.6) is 0 Å². The fourth-order valence-electron chi connectivity index (χ4n) is 3.36. The quantitative estimate of drug-likeness (QED) is 0.233. The Balaban J connectivity index is 0.00000392. The van der Waals surface area contributed by atoms with Crippen molar-refractivity contribution in [3.05, 3.63) is 35.9 Å². The van der Waals surface area contributed by atoms with Crippen molar-refractivity contribution < 1.29 is 4.79 Å². The summed E-state index contributed by atoms with van der Waals surface area (Å²) < 4.78 is 0. The molecule has 2 atom stereocenters. The van der Waals surface area contributed by atoms with Gasteiger partial charge in [0, 0.05) is 51.2 Å². The molecule has 3 N–H and O–H groups in total. The minimum absolute atomic E-state index is 0. The first-order chi connectivity index (χ1) is 13.0. The van der Waals surface area contributed by atoms with E-state index in [1.54, 1.807) is 7.05 Å². The minimum Gasteiger partial charge on any atom is -0.355 e. The number of guanidine groups is 1. The predicted octanol–water partition coefficient (Wildman–Crippen LogP) is 2.59. The summed E-state index contributed by atoms with van der Waals surface area (Å²) >= 11 is 0. The Kier molecular flexibility index (Phi) is 11.4. The van der Waals surface area contributed by atoms with E-state index in [1.807, 2.05) is 13.8 Å². The highest BCUT2D eigenvalue weighted by Crippen LogP contribution is 2.19. The molecule has 1 aromatic carbocycles. The van der Waals surface area contributed by atoms with Gasteiger partial charge in [0.25, 0.3) is 0 Å². The second-order valence-electron chi connectivity index (χ2n) is 7.62. The Morgan fingerprint density at radius 3 is 2.50 bits per heavy atom. The third-order valence-electron chi connectivity index (χ3n) is 5.05. The molecular weight excluding hydrogens is 465 g/mol. The molecule has 0 aliphatic carbocycles. The van der Waals surface area contributed by atoms with Crippen LogP contribution in [0.4, 0.5) is 0 Å². The number of nitrogens with one attached hydrogen (secondary N) is 3. The van der Waals surface area contributed by atoms with Crippen molar-refractivity contribution in [3.63, 3.8) is 0 Å². The molecule has 0 aromatic heterocycles. The first kappa shape index (κ1) is 24.7. The molecule has 1 heterocycles. The van der Waals surface area contributed by atoms with Gasteiger partial charge < -0.3 is 16.0 Å². The molecule has 1 aliphatic heterocycles. The number of likely N-dealkylation sites (tertiary alicyclic amines) is 1. The van der Waals surface area contributed by atoms with Crippen LogP contribution in [0.25, 0.3) is 0 Å². The van der Waals surface area contributed by atoms with Crippen molar-refractivity contribution in [1.82, 2.24) is 20.9 Å². The molecule has 1 aromatic rings. The van der Waals surface area contributed by atoms with Gasteiger partial charge >= 0.3 is 0 Å². The van der Waals surface area contributed by atoms with Gasteiger partial charge in [0.2, 0.25) is 5.91 Å². The van der Waals surface area contributed by atoms with E-state index in [9.17, 15) is 4.79 Å². The van der Waals surface area contributed by atoms with Crippen LogP contribution in [0.2, 0.25) is 0 Å². The SMILES string of the molecule is CN=C(NCCNC(=O)C(C)C)NC1CCN(Cc2ccccc2)C(C)C1.I. The van der Waals surface area contributed by atoms with E-state index in [4.69, 9.17) is 0 Å². The van der Waals surface area contributed by atoms with Gasteiger partial charge in [-0.1, -0.05) is 44.2 Å². The lowest BCUT2D eigenvalue weighted by Gasteiger charge is -2.38. The van der Waals surface area contributed by atoms with Crippen LogP contribution in [0, 0.1) is 5.92 Å². The van der Waals surface area contributed by atoms with Crippen LogP contribution in [0.3, 0.4) is 0 Å². The van der Waals surface area contributed by atoms with E-state index >= 15 is 0 Å². The van der Waals surface area contributed by atoms with Crippen LogP contribution >= 0.6 is 24.0 Å². The van der Waals surface area contributed by atoms with Gasteiger partial charge in [0.15, 0.2) is 5.96 Å². The maximum absolute atomic E-state index is 11.6. The number of carbonyl (C=O) groups is 1. The highest BCUT2D eigenvalue weighted by atomic mass is 127. The third-order valence-corrected chi connectivity index (χ3v) is 5.05. The average molecular weight is 501 g/mol. The zero-order valence-corrected chi connectivity index (χ0v) is 19.9. The molecular formula is C21H36IN5O. The Bertz CT molecular complexity index is 608. The average Bonchev–Trinajstić information content (AvgIpc) is 2.66. The molecule has 1 fully saturated rings. The summed E-state index contributed by atoms with van der Waals surface area (Å²) in [5.74, 6) is 0.909. The van der Waals surface area contributed by atoms with Crippen molar-refractivity contribution in [3.8, 4) is 0 Å². The highest BCUT2D eigenvalue weighted by molar-refractivity contribution is 14.0. The Labute approximate surface area is 187 Å². The molecule has 1 saturated heterocycles. The Hall–Kier alpha value is -1.35. The van der Waals surface area contributed by atoms with Crippen LogP contribution in [0.15, 0.2) is 35.3 Å². The molecule has 2 unspecified atom stereocenters. The summed E-state index contributed by atoms with van der Waals surface area (Å²) in [5.41, 5.74) is 1.37. The lowest BCUT2D eigenvalue weighted by molar-refractivity contribution is -0.123. The molecule has 28 heavy (non-hydrogen) atoms. The highest BCUT2D eigenvalue weighted by Gasteiger charge is 2.25. The number of aliphatic imine (C=N–C) groups is 1. The molecule has 1 aliphatic rings. The maximum atomic E-state index is 11.6. The first-order valence-corrected chi connectivity index (χ1v) is 10.0. The van der Waals surface area contributed by atoms with Gasteiger partial charge in [-0.3, -0.25) is 14.7 Å². The molecule has 6 nitrogen and oxygen atoms in total. The van der Waals surface area contributed by atoms with Crippen LogP contribution in [-0.4, -0.2) is 55.5 Å². The van der Waals surface area contributed by atoms with Crippen LogP contribution in [0.1, 0.15) is 39.2 Å². The van der Waals surface area contributed by atoms with E-state index in [0.717, 1.165) is 31.9 Å². The number of hydrogen-bond acceptors (Lipinski definition) is 3. The van der Waals surface area contributed by atoms with Gasteiger partial charge in [-0.25, -0.2) is 0 Å². The summed E-state index contributed by atoms with van der Waals surface area (Å²) in [5, 5.41) is 9.73. The van der Waals surface area contributed by atoms with Crippen molar-refractivity contribution in [1.29, 1.82) is 0 Å². The Morgan fingerprint density at radius 1 is 1.21 bits per heavy atom. The molecule has 0 saturated carbocycles. The van der Waals surface area contributed by atoms with Crippen molar-refractivity contribution in [2.75, 3.05) is 26.7 Å². The maximum Gasteiger partial charge on any atom is 0.222 e. The number of benzene rings is 1. The molecule has 0 radical (unpaired) electrons. The van der Waals surface area contributed by atoms with Crippen molar-refractivity contribution in [2.24, 2.45) is 10.9 Å². The van der Waals surface area contributed by atoms with E-state index in [1.165, 1.54) is 5.56 Å². The number of hydrogen-bond donors (Lipinski definition) is 3. The molecule has 158 valence electrons. The number of halogens is 1.